The Kier molecular flexibility index (Phi) is 1.15. The monoisotopic (exact) mass is 161 g/mol. The largest absolute Gasteiger partial charge is 0.301 e. The molecule has 0 N–H and O–H groups in total. The van der Waals surface area contributed by atoms with Gasteiger partial charge in [0.2, 0.25) is 0 Å². The highest BCUT2D eigenvalue weighted by molar-refractivity contribution is 7.92. The highest BCUT2D eigenvalue weighted by Crippen LogP contribution is 2.31. The van der Waals surface area contributed by atoms with Gasteiger partial charge < -0.3 is 4.90 Å². The van der Waals surface area contributed by atoms with Gasteiger partial charge in [0, 0.05) is 12.6 Å². The van der Waals surface area contributed by atoms with Crippen molar-refractivity contribution < 1.29 is 8.42 Å². The fourth-order valence-corrected chi connectivity index (χ4v) is 4.06. The Morgan fingerprint density at radius 2 is 2.20 bits per heavy atom. The summed E-state index contributed by atoms with van der Waals surface area (Å²) in [6, 6.07) is 0.329. The highest BCUT2D eigenvalue weighted by atomic mass is 32.2. The van der Waals surface area contributed by atoms with E-state index in [0.717, 1.165) is 13.0 Å². The predicted molar refractivity (Wildman–Crippen MR) is 38.6 cm³/mol. The molecule has 0 spiro atoms. The minimum absolute atomic E-state index is 0.0394. The first kappa shape index (κ1) is 6.61. The van der Waals surface area contributed by atoms with Crippen LogP contribution in [0.2, 0.25) is 0 Å². The number of hydrogen-bond acceptors (Lipinski definition) is 3. The Balaban J connectivity index is 2.32. The maximum atomic E-state index is 11.1. The van der Waals surface area contributed by atoms with Crippen LogP contribution in [0.25, 0.3) is 0 Å². The summed E-state index contributed by atoms with van der Waals surface area (Å²) < 4.78 is 22.3. The Labute approximate surface area is 60.9 Å². The minimum Gasteiger partial charge on any atom is -0.301 e. The van der Waals surface area contributed by atoms with E-state index in [9.17, 15) is 8.42 Å². The van der Waals surface area contributed by atoms with Gasteiger partial charge in [0.25, 0.3) is 0 Å². The zero-order valence-electron chi connectivity index (χ0n) is 5.95. The first-order chi connectivity index (χ1) is 4.59. The summed E-state index contributed by atoms with van der Waals surface area (Å²) in [5, 5.41) is -0.0394. The average Bonchev–Trinajstić information content (AvgIpc) is 2.21. The quantitative estimate of drug-likeness (QED) is 0.480. The van der Waals surface area contributed by atoms with Crippen molar-refractivity contribution in [1.82, 2.24) is 4.90 Å². The smallest absolute Gasteiger partial charge is 0.156 e. The zero-order chi connectivity index (χ0) is 7.35. The topological polar surface area (TPSA) is 37.4 Å². The molecule has 0 unspecified atom stereocenters. The first-order valence-corrected chi connectivity index (χ1v) is 5.23. The molecule has 58 valence electrons. The second-order valence-corrected chi connectivity index (χ2v) is 5.61. The van der Waals surface area contributed by atoms with Crippen LogP contribution in [0.3, 0.4) is 0 Å². The van der Waals surface area contributed by atoms with Crippen LogP contribution in [0.1, 0.15) is 6.42 Å². The van der Waals surface area contributed by atoms with Gasteiger partial charge in [-0.1, -0.05) is 0 Å². The third-order valence-electron chi connectivity index (χ3n) is 2.58. The lowest BCUT2D eigenvalue weighted by molar-refractivity contribution is 0.326. The van der Waals surface area contributed by atoms with Crippen LogP contribution in [0.15, 0.2) is 0 Å². The SMILES string of the molecule is CN1C[C@@H]2C[C@H]1CS2(=O)=O. The summed E-state index contributed by atoms with van der Waals surface area (Å²) in [4.78, 5) is 2.14. The van der Waals surface area contributed by atoms with Crippen molar-refractivity contribution in [1.29, 1.82) is 0 Å². The van der Waals surface area contributed by atoms with Crippen LogP contribution in [0.5, 0.6) is 0 Å². The van der Waals surface area contributed by atoms with Gasteiger partial charge in [0.1, 0.15) is 0 Å². The summed E-state index contributed by atoms with van der Waals surface area (Å²) in [6.07, 6.45) is 0.874. The van der Waals surface area contributed by atoms with Gasteiger partial charge >= 0.3 is 0 Å². The molecule has 0 aromatic rings. The maximum Gasteiger partial charge on any atom is 0.156 e. The fraction of sp³-hybridized carbons (Fsp3) is 1.00. The predicted octanol–water partition coefficient (Wildman–Crippen LogP) is -0.512. The van der Waals surface area contributed by atoms with Gasteiger partial charge in [0.05, 0.1) is 11.0 Å². The molecular weight excluding hydrogens is 150 g/mol. The Hall–Kier alpha value is -0.0900. The third kappa shape index (κ3) is 0.720. The Morgan fingerprint density at radius 1 is 1.50 bits per heavy atom. The van der Waals surface area contributed by atoms with Crippen LogP contribution in [0.4, 0.5) is 0 Å². The lowest BCUT2D eigenvalue weighted by Gasteiger charge is -2.21. The molecule has 2 heterocycles. The van der Waals surface area contributed by atoms with Gasteiger partial charge in [-0.15, -0.1) is 0 Å². The van der Waals surface area contributed by atoms with Crippen molar-refractivity contribution >= 4 is 9.84 Å². The summed E-state index contributed by atoms with van der Waals surface area (Å²) >= 11 is 0. The molecule has 2 rings (SSSR count). The van der Waals surface area contributed by atoms with Gasteiger partial charge in [0.15, 0.2) is 9.84 Å². The second kappa shape index (κ2) is 1.74. The molecule has 4 heteroatoms. The van der Waals surface area contributed by atoms with Crippen LogP contribution < -0.4 is 0 Å². The average molecular weight is 161 g/mol. The Morgan fingerprint density at radius 3 is 2.50 bits per heavy atom. The summed E-state index contributed by atoms with van der Waals surface area (Å²) in [5.41, 5.74) is 0. The molecule has 0 aromatic carbocycles. The van der Waals surface area contributed by atoms with Crippen LogP contribution in [0, 0.1) is 0 Å². The van der Waals surface area contributed by atoms with Crippen molar-refractivity contribution in [2.24, 2.45) is 0 Å². The van der Waals surface area contributed by atoms with Crippen molar-refractivity contribution in [3.8, 4) is 0 Å². The number of likely N-dealkylation sites (tertiary alicyclic amines) is 1. The van der Waals surface area contributed by atoms with E-state index in [4.69, 9.17) is 0 Å². The summed E-state index contributed by atoms with van der Waals surface area (Å²) in [6.45, 7) is 0.757. The number of hydrogen-bond donors (Lipinski definition) is 0. The minimum atomic E-state index is -2.66. The number of rotatable bonds is 0. The number of sulfone groups is 1. The summed E-state index contributed by atoms with van der Waals surface area (Å²) in [5.74, 6) is 0.397. The molecule has 2 bridgehead atoms. The molecule has 0 aromatic heterocycles. The lowest BCUT2D eigenvalue weighted by atomic mass is 10.2. The van der Waals surface area contributed by atoms with Gasteiger partial charge in [-0.25, -0.2) is 8.42 Å². The van der Waals surface area contributed by atoms with E-state index < -0.39 is 9.84 Å². The van der Waals surface area contributed by atoms with Crippen molar-refractivity contribution in [2.45, 2.75) is 17.7 Å². The second-order valence-electron chi connectivity index (χ2n) is 3.28. The molecule has 0 radical (unpaired) electrons. The Bertz CT molecular complexity index is 244. The first-order valence-electron chi connectivity index (χ1n) is 3.51. The molecule has 2 fully saturated rings. The lowest BCUT2D eigenvalue weighted by Crippen LogP contribution is -2.37. The van der Waals surface area contributed by atoms with Crippen LogP contribution in [-0.2, 0) is 9.84 Å². The van der Waals surface area contributed by atoms with Crippen molar-refractivity contribution in [3.05, 3.63) is 0 Å². The molecule has 2 atom stereocenters. The molecule has 2 aliphatic rings. The normalized spacial score (nSPS) is 44.5. The molecule has 0 aliphatic carbocycles. The van der Waals surface area contributed by atoms with E-state index in [2.05, 4.69) is 4.90 Å². The van der Waals surface area contributed by atoms with E-state index in [1.165, 1.54) is 0 Å². The molecule has 0 saturated carbocycles. The molecule has 0 amide bonds. The molecular formula is C6H11NO2S. The van der Waals surface area contributed by atoms with Crippen molar-refractivity contribution in [2.75, 3.05) is 19.3 Å². The number of fused-ring (bicyclic) bond motifs is 2. The standard InChI is InChI=1S/C6H11NO2S/c1-7-3-6-2-5(7)4-10(6,8)9/h5-6H,2-4H2,1H3/t5-,6-/m0/s1. The number of nitrogens with zero attached hydrogens (tertiary/aromatic N) is 1. The third-order valence-corrected chi connectivity index (χ3v) is 4.79. The van der Waals surface area contributed by atoms with Gasteiger partial charge in [-0.3, -0.25) is 0 Å². The van der Waals surface area contributed by atoms with E-state index >= 15 is 0 Å². The summed E-state index contributed by atoms with van der Waals surface area (Å²) in [7, 11) is -0.663. The van der Waals surface area contributed by atoms with Gasteiger partial charge in [-0.05, 0) is 13.5 Å². The van der Waals surface area contributed by atoms with Crippen LogP contribution >= 0.6 is 0 Å². The maximum absolute atomic E-state index is 11.1. The molecule has 3 nitrogen and oxygen atoms in total. The zero-order valence-corrected chi connectivity index (χ0v) is 6.76. The molecule has 2 aliphatic heterocycles. The highest BCUT2D eigenvalue weighted by Gasteiger charge is 2.46. The van der Waals surface area contributed by atoms with E-state index in [1.807, 2.05) is 7.05 Å². The van der Waals surface area contributed by atoms with Crippen LogP contribution in [-0.4, -0.2) is 44.0 Å². The molecule has 2 saturated heterocycles. The van der Waals surface area contributed by atoms with Crippen molar-refractivity contribution in [3.63, 3.8) is 0 Å². The molecule has 10 heavy (non-hydrogen) atoms. The van der Waals surface area contributed by atoms with E-state index in [0.29, 0.717) is 11.8 Å². The van der Waals surface area contributed by atoms with E-state index in [1.54, 1.807) is 0 Å². The van der Waals surface area contributed by atoms with Gasteiger partial charge in [-0.2, -0.15) is 0 Å². The fourth-order valence-electron chi connectivity index (χ4n) is 1.89. The van der Waals surface area contributed by atoms with E-state index in [-0.39, 0.29) is 5.25 Å².